The van der Waals surface area contributed by atoms with Gasteiger partial charge in [-0.2, -0.15) is 9.52 Å². The first-order chi connectivity index (χ1) is 12.4. The van der Waals surface area contributed by atoms with Gasteiger partial charge in [0.1, 0.15) is 0 Å². The second-order valence-electron chi connectivity index (χ2n) is 6.11. The van der Waals surface area contributed by atoms with Crippen molar-refractivity contribution in [2.24, 2.45) is 5.10 Å². The molecule has 2 aromatic carbocycles. The summed E-state index contributed by atoms with van der Waals surface area (Å²) in [5.41, 5.74) is 3.87. The summed E-state index contributed by atoms with van der Waals surface area (Å²) < 4.78 is 25.7. The lowest BCUT2D eigenvalue weighted by atomic mass is 9.99. The molecule has 1 unspecified atom stereocenters. The first-order valence-corrected chi connectivity index (χ1v) is 10.2. The molecule has 0 fully saturated rings. The zero-order valence-electron chi connectivity index (χ0n) is 13.9. The van der Waals surface area contributed by atoms with Crippen LogP contribution >= 0.6 is 11.6 Å². The number of hydrazone groups is 1. The highest BCUT2D eigenvalue weighted by atomic mass is 35.5. The maximum absolute atomic E-state index is 12.3. The third kappa shape index (κ3) is 3.15. The van der Waals surface area contributed by atoms with Crippen LogP contribution in [0, 0.1) is 0 Å². The molecular weight excluding hydrogens is 372 g/mol. The van der Waals surface area contributed by atoms with Gasteiger partial charge < -0.3 is 0 Å². The molecule has 0 spiro atoms. The summed E-state index contributed by atoms with van der Waals surface area (Å²) in [6, 6.07) is 12.4. The molecule has 4 rings (SSSR count). The van der Waals surface area contributed by atoms with Crippen LogP contribution in [0.1, 0.15) is 23.6 Å². The van der Waals surface area contributed by atoms with E-state index in [-0.39, 0.29) is 0 Å². The average molecular weight is 387 g/mol. The van der Waals surface area contributed by atoms with Crippen molar-refractivity contribution in [2.45, 2.75) is 12.5 Å². The Labute approximate surface area is 156 Å². The van der Waals surface area contributed by atoms with E-state index in [1.165, 1.54) is 4.41 Å². The normalized spacial score (nSPS) is 17.5. The van der Waals surface area contributed by atoms with Crippen molar-refractivity contribution in [3.63, 3.8) is 0 Å². The van der Waals surface area contributed by atoms with Gasteiger partial charge in [0.15, 0.2) is 0 Å². The summed E-state index contributed by atoms with van der Waals surface area (Å²) in [5, 5.41) is 5.00. The summed E-state index contributed by atoms with van der Waals surface area (Å²) in [6.07, 6.45) is 4.88. The van der Waals surface area contributed by atoms with E-state index in [4.69, 9.17) is 11.6 Å². The van der Waals surface area contributed by atoms with Gasteiger partial charge in [-0.25, -0.2) is 8.42 Å². The van der Waals surface area contributed by atoms with Crippen molar-refractivity contribution in [3.05, 3.63) is 71.0 Å². The third-order valence-electron chi connectivity index (χ3n) is 4.27. The molecule has 1 atom stereocenters. The predicted octanol–water partition coefficient (Wildman–Crippen LogP) is 3.39. The van der Waals surface area contributed by atoms with Crippen molar-refractivity contribution in [1.29, 1.82) is 0 Å². The molecule has 0 saturated heterocycles. The van der Waals surface area contributed by atoms with E-state index in [0.29, 0.717) is 17.2 Å². The van der Waals surface area contributed by atoms with Crippen molar-refractivity contribution >= 4 is 38.4 Å². The maximum Gasteiger partial charge on any atom is 0.247 e. The molecule has 0 amide bonds. The number of sulfonamides is 1. The number of benzene rings is 2. The van der Waals surface area contributed by atoms with Gasteiger partial charge >= 0.3 is 0 Å². The van der Waals surface area contributed by atoms with Gasteiger partial charge in [0.2, 0.25) is 10.0 Å². The molecule has 26 heavy (non-hydrogen) atoms. The van der Waals surface area contributed by atoms with Gasteiger partial charge in [0.25, 0.3) is 0 Å². The largest absolute Gasteiger partial charge is 0.253 e. The Morgan fingerprint density at radius 2 is 1.73 bits per heavy atom. The summed E-state index contributed by atoms with van der Waals surface area (Å²) in [4.78, 5) is 8.56. The molecular formula is C18H15ClN4O2S. The minimum absolute atomic E-state index is 0.415. The fourth-order valence-corrected chi connectivity index (χ4v) is 4.08. The molecule has 2 heterocycles. The van der Waals surface area contributed by atoms with Crippen LogP contribution in [-0.2, 0) is 10.0 Å². The topological polar surface area (TPSA) is 75.5 Å². The Morgan fingerprint density at radius 1 is 1.04 bits per heavy atom. The molecule has 8 heteroatoms. The Bertz CT molecular complexity index is 1110. The zero-order chi connectivity index (χ0) is 18.3. The monoisotopic (exact) mass is 386 g/mol. The van der Waals surface area contributed by atoms with Crippen LogP contribution in [0.3, 0.4) is 0 Å². The highest BCUT2D eigenvalue weighted by Gasteiger charge is 2.34. The van der Waals surface area contributed by atoms with Gasteiger partial charge in [-0.15, -0.1) is 0 Å². The Kier molecular flexibility index (Phi) is 4.13. The molecule has 3 aromatic rings. The van der Waals surface area contributed by atoms with Gasteiger partial charge in [-0.05, 0) is 35.4 Å². The van der Waals surface area contributed by atoms with Crippen LogP contribution < -0.4 is 0 Å². The first-order valence-electron chi connectivity index (χ1n) is 7.95. The van der Waals surface area contributed by atoms with Gasteiger partial charge in [-0.3, -0.25) is 9.97 Å². The fraction of sp³-hybridized carbons (Fsp3) is 0.167. The number of hydrogen-bond donors (Lipinski definition) is 0. The molecule has 0 radical (unpaired) electrons. The summed E-state index contributed by atoms with van der Waals surface area (Å²) in [6.45, 7) is 0. The predicted molar refractivity (Wildman–Crippen MR) is 102 cm³/mol. The van der Waals surface area contributed by atoms with Crippen molar-refractivity contribution < 1.29 is 8.42 Å². The van der Waals surface area contributed by atoms with Crippen molar-refractivity contribution in [2.75, 3.05) is 6.26 Å². The molecule has 1 aliphatic heterocycles. The van der Waals surface area contributed by atoms with Gasteiger partial charge in [0, 0.05) is 23.8 Å². The quantitative estimate of drug-likeness (QED) is 0.691. The number of aromatic nitrogens is 2. The fourth-order valence-electron chi connectivity index (χ4n) is 3.05. The van der Waals surface area contributed by atoms with E-state index in [1.54, 1.807) is 24.5 Å². The molecule has 0 N–H and O–H groups in total. The van der Waals surface area contributed by atoms with Crippen LogP contribution in [0.4, 0.5) is 0 Å². The number of hydrogen-bond acceptors (Lipinski definition) is 5. The van der Waals surface area contributed by atoms with Crippen LogP contribution in [-0.4, -0.2) is 34.8 Å². The number of halogens is 1. The summed E-state index contributed by atoms with van der Waals surface area (Å²) >= 11 is 5.94. The third-order valence-corrected chi connectivity index (χ3v) is 5.54. The molecule has 132 valence electrons. The minimum Gasteiger partial charge on any atom is -0.253 e. The van der Waals surface area contributed by atoms with E-state index >= 15 is 0 Å². The SMILES string of the molecule is CS(=O)(=O)N1N=C(c2ccc(Cl)cc2)CC1c1ccc2nccnc2c1. The number of rotatable bonds is 3. The van der Waals surface area contributed by atoms with Crippen LogP contribution in [0.2, 0.25) is 5.02 Å². The lowest BCUT2D eigenvalue weighted by Crippen LogP contribution is -2.25. The van der Waals surface area contributed by atoms with E-state index in [1.807, 2.05) is 30.3 Å². The molecule has 1 aromatic heterocycles. The lowest BCUT2D eigenvalue weighted by molar-refractivity contribution is 0.375. The average Bonchev–Trinajstić information content (AvgIpc) is 3.08. The smallest absolute Gasteiger partial charge is 0.247 e. The minimum atomic E-state index is -3.52. The maximum atomic E-state index is 12.3. The second kappa shape index (κ2) is 6.34. The molecule has 1 aliphatic rings. The second-order valence-corrected chi connectivity index (χ2v) is 8.39. The van der Waals surface area contributed by atoms with E-state index in [2.05, 4.69) is 15.1 Å². The Morgan fingerprint density at radius 3 is 2.42 bits per heavy atom. The van der Waals surface area contributed by atoms with E-state index < -0.39 is 16.1 Å². The van der Waals surface area contributed by atoms with Crippen molar-refractivity contribution in [1.82, 2.24) is 14.4 Å². The van der Waals surface area contributed by atoms with E-state index in [0.717, 1.165) is 28.4 Å². The molecule has 0 saturated carbocycles. The van der Waals surface area contributed by atoms with Crippen molar-refractivity contribution in [3.8, 4) is 0 Å². The lowest BCUT2D eigenvalue weighted by Gasteiger charge is -2.21. The summed E-state index contributed by atoms with van der Waals surface area (Å²) in [5.74, 6) is 0. The molecule has 6 nitrogen and oxygen atoms in total. The van der Waals surface area contributed by atoms with Gasteiger partial charge in [0.05, 0.1) is 29.0 Å². The van der Waals surface area contributed by atoms with Gasteiger partial charge in [-0.1, -0.05) is 29.8 Å². The first kappa shape index (κ1) is 16.9. The highest BCUT2D eigenvalue weighted by molar-refractivity contribution is 7.88. The molecule has 0 aliphatic carbocycles. The molecule has 0 bridgehead atoms. The van der Waals surface area contributed by atoms with E-state index in [9.17, 15) is 8.42 Å². The summed E-state index contributed by atoms with van der Waals surface area (Å²) in [7, 11) is -3.52. The standard InChI is InChI=1S/C18H15ClN4O2S/c1-26(24,25)23-18(11-16(22-23)12-2-5-14(19)6-3-12)13-4-7-15-17(10-13)21-9-8-20-15/h2-10,18H,11H2,1H3. The number of fused-ring (bicyclic) bond motifs is 1. The zero-order valence-corrected chi connectivity index (χ0v) is 15.4. The Hall–Kier alpha value is -2.51. The van der Waals surface area contributed by atoms with Crippen LogP contribution in [0.25, 0.3) is 11.0 Å². The Balaban J connectivity index is 1.76. The number of nitrogens with zero attached hydrogens (tertiary/aromatic N) is 4. The highest BCUT2D eigenvalue weighted by Crippen LogP contribution is 2.35. The van der Waals surface area contributed by atoms with Crippen LogP contribution in [0.15, 0.2) is 60.0 Å². The van der Waals surface area contributed by atoms with Crippen LogP contribution in [0.5, 0.6) is 0 Å².